The van der Waals surface area contributed by atoms with Crippen molar-refractivity contribution in [3.05, 3.63) is 72.4 Å². The lowest BCUT2D eigenvalue weighted by atomic mass is 9.72. The van der Waals surface area contributed by atoms with Crippen LogP contribution in [0.3, 0.4) is 0 Å². The van der Waals surface area contributed by atoms with Crippen molar-refractivity contribution in [2.45, 2.75) is 44.3 Å². The first kappa shape index (κ1) is 29.3. The molecule has 1 spiro atoms. The van der Waals surface area contributed by atoms with Gasteiger partial charge in [0.05, 0.1) is 28.7 Å². The Bertz CT molecular complexity index is 1320. The second kappa shape index (κ2) is 11.8. The minimum absolute atomic E-state index is 0.154. The van der Waals surface area contributed by atoms with Gasteiger partial charge in [-0.15, -0.1) is 0 Å². The van der Waals surface area contributed by atoms with Crippen molar-refractivity contribution in [2.75, 3.05) is 26.7 Å². The van der Waals surface area contributed by atoms with Gasteiger partial charge in [0.25, 0.3) is 5.91 Å². The molecular formula is C30H37F3N6O. The number of nitrogens with one attached hydrogen (secondary N) is 2. The van der Waals surface area contributed by atoms with Crippen LogP contribution in [0.15, 0.2) is 44.3 Å². The van der Waals surface area contributed by atoms with Gasteiger partial charge in [-0.1, -0.05) is 31.9 Å². The maximum Gasteiger partial charge on any atom is 0.417 e. The van der Waals surface area contributed by atoms with E-state index < -0.39 is 11.7 Å². The molecule has 2 fully saturated rings. The lowest BCUT2D eigenvalue weighted by Crippen LogP contribution is -2.38. The number of carbonyl (C=O) groups is 1. The van der Waals surface area contributed by atoms with Gasteiger partial charge in [0.15, 0.2) is 0 Å². The summed E-state index contributed by atoms with van der Waals surface area (Å²) in [5, 5.41) is 10.2. The summed E-state index contributed by atoms with van der Waals surface area (Å²) in [6.07, 6.45) is 8.34. The highest BCUT2D eigenvalue weighted by atomic mass is 19.4. The van der Waals surface area contributed by atoms with Crippen molar-refractivity contribution in [3.8, 4) is 0 Å². The highest BCUT2D eigenvalue weighted by molar-refractivity contribution is 5.93. The van der Waals surface area contributed by atoms with E-state index in [9.17, 15) is 18.0 Å². The third-order valence-electron chi connectivity index (χ3n) is 7.93. The van der Waals surface area contributed by atoms with E-state index in [2.05, 4.69) is 52.4 Å². The maximum absolute atomic E-state index is 13.7. The lowest BCUT2D eigenvalue weighted by molar-refractivity contribution is -0.0689. The molecule has 1 saturated carbocycles. The van der Waals surface area contributed by atoms with Crippen LogP contribution in [0.1, 0.15) is 65.0 Å². The number of halogens is 3. The Balaban J connectivity index is 1.52. The number of carbonyl (C=O) groups excluding carboxylic acids is 1. The Morgan fingerprint density at radius 1 is 1.23 bits per heavy atom. The Morgan fingerprint density at radius 3 is 2.52 bits per heavy atom. The summed E-state index contributed by atoms with van der Waals surface area (Å²) in [7, 11) is 3.87. The second-order valence-electron chi connectivity index (χ2n) is 10.9. The van der Waals surface area contributed by atoms with Crippen LogP contribution in [0.5, 0.6) is 0 Å². The minimum atomic E-state index is -4.66. The van der Waals surface area contributed by atoms with E-state index in [0.29, 0.717) is 22.2 Å². The molecule has 1 saturated heterocycles. The van der Waals surface area contributed by atoms with Gasteiger partial charge < -0.3 is 15.5 Å². The molecule has 4 rings (SSSR count). The van der Waals surface area contributed by atoms with E-state index in [1.807, 2.05) is 0 Å². The van der Waals surface area contributed by atoms with Crippen LogP contribution >= 0.6 is 0 Å². The molecule has 0 atom stereocenters. The average Bonchev–Trinajstić information content (AvgIpc) is 3.51. The third-order valence-corrected chi connectivity index (χ3v) is 7.93. The molecule has 214 valence electrons. The van der Waals surface area contributed by atoms with Crippen molar-refractivity contribution in [3.63, 3.8) is 0 Å². The highest BCUT2D eigenvalue weighted by Gasteiger charge is 2.40. The zero-order valence-electron chi connectivity index (χ0n) is 23.2. The molecule has 10 heteroatoms. The maximum atomic E-state index is 13.7. The van der Waals surface area contributed by atoms with Gasteiger partial charge in [0.2, 0.25) is 0 Å². The van der Waals surface area contributed by atoms with Crippen LogP contribution in [-0.2, 0) is 7.05 Å². The topological polar surface area (TPSA) is 75.1 Å². The van der Waals surface area contributed by atoms with Gasteiger partial charge >= 0.3 is 6.18 Å². The van der Waals surface area contributed by atoms with Crippen molar-refractivity contribution in [2.24, 2.45) is 12.5 Å². The number of amides is 1. The van der Waals surface area contributed by atoms with Crippen LogP contribution < -0.4 is 10.6 Å². The van der Waals surface area contributed by atoms with Crippen LogP contribution in [0.4, 0.5) is 13.2 Å². The molecule has 2 aromatic heterocycles. The molecule has 40 heavy (non-hydrogen) atoms. The number of aryl methyl sites for hydroxylation is 1. The quantitative estimate of drug-likeness (QED) is 0.440. The molecule has 3 heterocycles. The molecule has 2 aromatic rings. The van der Waals surface area contributed by atoms with Crippen LogP contribution in [0.2, 0.25) is 0 Å². The Morgan fingerprint density at radius 2 is 1.95 bits per heavy atom. The summed E-state index contributed by atoms with van der Waals surface area (Å²) in [5.74, 6) is -0.310. The Labute approximate surface area is 233 Å². The molecule has 1 aliphatic carbocycles. The van der Waals surface area contributed by atoms with E-state index in [0.717, 1.165) is 38.8 Å². The molecule has 1 amide bonds. The molecule has 2 aliphatic rings. The zero-order valence-corrected chi connectivity index (χ0v) is 23.2. The molecule has 0 bridgehead atoms. The predicted octanol–water partition coefficient (Wildman–Crippen LogP) is 5.30. The van der Waals surface area contributed by atoms with Gasteiger partial charge in [-0.2, -0.15) is 18.3 Å². The summed E-state index contributed by atoms with van der Waals surface area (Å²) in [4.78, 5) is 18.9. The van der Waals surface area contributed by atoms with Gasteiger partial charge in [-0.25, -0.2) is 4.98 Å². The molecule has 2 N–H and O–H groups in total. The predicted molar refractivity (Wildman–Crippen MR) is 153 cm³/mol. The van der Waals surface area contributed by atoms with Crippen LogP contribution in [0.25, 0.3) is 23.4 Å². The van der Waals surface area contributed by atoms with Gasteiger partial charge in [-0.05, 0) is 63.3 Å². The average molecular weight is 555 g/mol. The molecule has 1 aliphatic heterocycles. The number of nitrogens with zero attached hydrogens (tertiary/aromatic N) is 4. The standard InChI is InChI=1S/C30H37F3N6O/c1-6-25-26(21(3)36-23-9-11-29(12-10-23)13-15-38(4)19-29)16-24(37-27(25)20(2)30(31,32)33)8-7-14-34-28(40)22-17-35-39(5)18-22/h6-8,16-18,23,36H,1-3,9-15,19H2,4-5H3,(H,34,40)/b8-7+. The summed E-state index contributed by atoms with van der Waals surface area (Å²) in [6, 6.07) is 1.88. The monoisotopic (exact) mass is 554 g/mol. The summed E-state index contributed by atoms with van der Waals surface area (Å²) in [5.41, 5.74) is 0.969. The van der Waals surface area contributed by atoms with Gasteiger partial charge in [0.1, 0.15) is 0 Å². The normalized spacial score (nSPS) is 21.6. The van der Waals surface area contributed by atoms with E-state index >= 15 is 0 Å². The van der Waals surface area contributed by atoms with Crippen LogP contribution in [-0.4, -0.2) is 64.5 Å². The number of likely N-dealkylation sites (tertiary alicyclic amines) is 1. The van der Waals surface area contributed by atoms with Crippen molar-refractivity contribution in [1.29, 1.82) is 0 Å². The highest BCUT2D eigenvalue weighted by Crippen LogP contribution is 2.44. The molecule has 7 nitrogen and oxygen atoms in total. The van der Waals surface area contributed by atoms with E-state index in [-0.39, 0.29) is 35.4 Å². The fourth-order valence-electron chi connectivity index (χ4n) is 5.72. The molecule has 0 radical (unpaired) electrons. The van der Waals surface area contributed by atoms with E-state index in [4.69, 9.17) is 0 Å². The number of hydrogen-bond acceptors (Lipinski definition) is 5. The molecular weight excluding hydrogens is 517 g/mol. The molecule has 0 aromatic carbocycles. The minimum Gasteiger partial charge on any atom is -0.382 e. The zero-order chi connectivity index (χ0) is 29.1. The van der Waals surface area contributed by atoms with Crippen molar-refractivity contribution >= 4 is 29.3 Å². The van der Waals surface area contributed by atoms with E-state index in [1.54, 1.807) is 31.5 Å². The first-order valence-electron chi connectivity index (χ1n) is 13.4. The third kappa shape index (κ3) is 6.72. The number of rotatable bonds is 9. The fourth-order valence-corrected chi connectivity index (χ4v) is 5.72. The van der Waals surface area contributed by atoms with Crippen molar-refractivity contribution < 1.29 is 18.0 Å². The number of aromatic nitrogens is 3. The first-order valence-corrected chi connectivity index (χ1v) is 13.4. The summed E-state index contributed by atoms with van der Waals surface area (Å²) < 4.78 is 42.7. The molecule has 0 unspecified atom stereocenters. The summed E-state index contributed by atoms with van der Waals surface area (Å²) in [6.45, 7) is 13.6. The first-order chi connectivity index (χ1) is 18.9. The van der Waals surface area contributed by atoms with Crippen molar-refractivity contribution in [1.82, 2.24) is 30.3 Å². The summed E-state index contributed by atoms with van der Waals surface area (Å²) >= 11 is 0. The Hall–Kier alpha value is -3.66. The Kier molecular flexibility index (Phi) is 8.68. The number of pyridine rings is 1. The second-order valence-corrected chi connectivity index (χ2v) is 10.9. The van der Waals surface area contributed by atoms with Gasteiger partial charge in [-0.3, -0.25) is 9.48 Å². The van der Waals surface area contributed by atoms with Crippen LogP contribution in [0, 0.1) is 5.41 Å². The smallest absolute Gasteiger partial charge is 0.382 e. The largest absolute Gasteiger partial charge is 0.417 e. The number of allylic oxidation sites excluding steroid dienone is 1. The number of alkyl halides is 3. The van der Waals surface area contributed by atoms with Gasteiger partial charge in [0, 0.05) is 49.2 Å². The van der Waals surface area contributed by atoms with E-state index in [1.165, 1.54) is 23.4 Å². The lowest BCUT2D eigenvalue weighted by Gasteiger charge is -2.38. The number of hydrogen-bond donors (Lipinski definition) is 2. The SMILES string of the molecule is C=Cc1c(C(=C)NC2CCC3(CC2)CCN(C)C3)cc(/C=C/CNC(=O)c2cnn(C)c2)nc1C(=C)C(F)(F)F. The fraction of sp³-hybridized carbons (Fsp3) is 0.433.